The number of halogens is 3. The van der Waals surface area contributed by atoms with Crippen LogP contribution in [0.25, 0.3) is 0 Å². The second-order valence-electron chi connectivity index (χ2n) is 23.1. The summed E-state index contributed by atoms with van der Waals surface area (Å²) >= 11 is 6.96. The van der Waals surface area contributed by atoms with E-state index in [9.17, 15) is 76.2 Å². The molecule has 7 rings (SSSR count). The van der Waals surface area contributed by atoms with Crippen LogP contribution in [0.5, 0.6) is 0 Å². The number of nitrogens with zero attached hydrogens (tertiary/aromatic N) is 1. The maximum atomic E-state index is 13.9. The molecule has 0 radical (unpaired) electrons. The van der Waals surface area contributed by atoms with E-state index >= 15 is 0 Å². The van der Waals surface area contributed by atoms with E-state index < -0.39 is 141 Å². The summed E-state index contributed by atoms with van der Waals surface area (Å²) in [4.78, 5) is 120. The number of aromatic amines is 1. The molecule has 724 valence electrons. The minimum absolute atomic E-state index is 0. The van der Waals surface area contributed by atoms with Gasteiger partial charge in [0.15, 0.2) is 23.7 Å². The molecule has 1 aromatic heterocycles. The number of fused-ring (bicyclic) bond motifs is 1. The average molecular weight is 2190 g/mol. The summed E-state index contributed by atoms with van der Waals surface area (Å²) in [5.74, 6) is -0.844. The Balaban J connectivity index is -0.00000143. The van der Waals surface area contributed by atoms with Crippen LogP contribution < -0.4 is 21.0 Å². The number of methoxy groups -OCH3 is 7. The Bertz CT molecular complexity index is 3640. The molecule has 47 nitrogen and oxygen atoms in total. The minimum atomic E-state index is -4.83. The van der Waals surface area contributed by atoms with Gasteiger partial charge in [-0.05, 0) is 59.0 Å². The summed E-state index contributed by atoms with van der Waals surface area (Å²) in [5.41, 5.74) is -1.75. The first kappa shape index (κ1) is 123. The summed E-state index contributed by atoms with van der Waals surface area (Å²) in [5, 5.41) is 26.3. The van der Waals surface area contributed by atoms with Crippen molar-refractivity contribution in [3.05, 3.63) is 141 Å². The fraction of sp³-hybridized carbons (Fsp3) is 0.600. The number of carbonyl (C=O) groups excluding carboxylic acids is 6. The van der Waals surface area contributed by atoms with Gasteiger partial charge < -0.3 is 143 Å². The van der Waals surface area contributed by atoms with E-state index in [2.05, 4.69) is 99.1 Å². The topological polar surface area (TPSA) is 594 Å². The van der Waals surface area contributed by atoms with Crippen LogP contribution in [0, 0.1) is 0 Å². The molecule has 2 saturated heterocycles. The third kappa shape index (κ3) is 59.2. The zero-order chi connectivity index (χ0) is 92.1. The standard InChI is InChI=1S/C17H25O12P.C16H21FN2O6.C10H19O12P.C7H9O4P.C7H8O.C5H9ClO4.C5H9IO4.C3H8O2.2Ag/c1-21-8-10-23-16(18)25-13-28-30(20,27-12-15-6-4-3-5-7-15)29-14-26-17(19)24-11-9-22-2;1-14-11(23-16(25-14)5-2-3-6-16)15(8-17,9-20)24-12(14)19-7-4-10(21)18-13(19)22;1-15-3-5-17-9(11)19-7-21-23(13,14)22-8-20-10(12)18-6-4-16-2;8-12(9,10)11-6-7-4-2-1-3-5-7;8-6-7-4-2-1-3-5-7;2*1-8-2-3-9-5(7)10-4-6;1-5-3-2-4;;/h3-7H,8-14H2,1-2H3;4,7,11-12,20H,2-3,5-6,8-9H2,1H3,(H,18,21,22);3-8H2,1-2H3,(H,13,14);1-5H,6H2,(H2,8,9,10);1-5,8H,6H2;2*2-4H2,1H3;4H,2-3H2,1H3;;/q;;;;;;;;2*+1/p-2/t;11-,12+,14+,15+;;;;;;;;/m.0......../s1. The predicted molar refractivity (Wildman–Crippen MR) is 421 cm³/mol. The molecule has 3 aliphatic rings. The van der Waals surface area contributed by atoms with Crippen molar-refractivity contribution in [3.8, 4) is 0 Å². The van der Waals surface area contributed by atoms with Gasteiger partial charge in [0.05, 0.1) is 87.1 Å². The number of H-pyrrole nitrogens is 1. The molecule has 4 atom stereocenters. The minimum Gasteiger partial charge on any atom is -0.790 e. The van der Waals surface area contributed by atoms with E-state index in [-0.39, 0.29) is 143 Å². The molecule has 0 unspecified atom stereocenters. The first-order chi connectivity index (χ1) is 58.8. The number of ether oxygens (including phenoxy) is 22. The molecule has 3 heterocycles. The molecule has 3 aromatic carbocycles. The van der Waals surface area contributed by atoms with Crippen LogP contribution >= 0.6 is 57.7 Å². The van der Waals surface area contributed by atoms with Crippen molar-refractivity contribution in [1.82, 2.24) is 9.55 Å². The molecule has 1 aliphatic carbocycles. The van der Waals surface area contributed by atoms with Gasteiger partial charge in [0.25, 0.3) is 5.56 Å². The van der Waals surface area contributed by atoms with Crippen LogP contribution in [-0.2, 0) is 210 Å². The number of rotatable bonds is 44. The van der Waals surface area contributed by atoms with Gasteiger partial charge in [-0.1, -0.05) is 103 Å². The molecule has 0 bridgehead atoms. The number of benzene rings is 3. The number of hydrogen-bond acceptors (Lipinski definition) is 44. The van der Waals surface area contributed by atoms with E-state index in [0.717, 1.165) is 23.0 Å². The Morgan fingerprint density at radius 1 is 0.512 bits per heavy atom. The molecule has 2 aliphatic heterocycles. The molecule has 55 heteroatoms. The summed E-state index contributed by atoms with van der Waals surface area (Å²) in [6.07, 6.45) is -3.26. The van der Waals surface area contributed by atoms with Gasteiger partial charge in [-0.15, -0.1) is 0 Å². The third-order valence-electron chi connectivity index (χ3n) is 14.3. The predicted octanol–water partition coefficient (Wildman–Crippen LogP) is 6.70. The Morgan fingerprint density at radius 3 is 1.18 bits per heavy atom. The Labute approximate surface area is 768 Å². The van der Waals surface area contributed by atoms with E-state index in [1.54, 1.807) is 74.7 Å². The van der Waals surface area contributed by atoms with Crippen molar-refractivity contribution in [1.29, 1.82) is 0 Å². The number of hydrogen-bond donors (Lipinski definition) is 5. The summed E-state index contributed by atoms with van der Waals surface area (Å²) in [6, 6.07) is 27.9. The Morgan fingerprint density at radius 2 is 0.872 bits per heavy atom. The summed E-state index contributed by atoms with van der Waals surface area (Å²) in [6.45, 7) is -1.25. The number of alkyl halides is 3. The van der Waals surface area contributed by atoms with Gasteiger partial charge in [0, 0.05) is 74.9 Å². The zero-order valence-electron chi connectivity index (χ0n) is 69.0. The van der Waals surface area contributed by atoms with E-state index in [1.807, 2.05) is 52.9 Å². The van der Waals surface area contributed by atoms with Crippen molar-refractivity contribution < 1.29 is 253 Å². The fourth-order valence-electron chi connectivity index (χ4n) is 8.79. The Kier molecular flexibility index (Phi) is 73.9. The van der Waals surface area contributed by atoms with Crippen molar-refractivity contribution in [2.75, 3.05) is 193 Å². The fourth-order valence-corrected chi connectivity index (χ4v) is 10.8. The van der Waals surface area contributed by atoms with E-state index in [0.29, 0.717) is 48.4 Å². The van der Waals surface area contributed by atoms with Crippen LogP contribution in [0.2, 0.25) is 0 Å². The van der Waals surface area contributed by atoms with Gasteiger partial charge in [-0.3, -0.25) is 18.9 Å². The van der Waals surface area contributed by atoms with Crippen molar-refractivity contribution in [3.63, 3.8) is 0 Å². The van der Waals surface area contributed by atoms with Gasteiger partial charge in [-0.25, -0.2) is 65.2 Å². The maximum absolute atomic E-state index is 13.9. The van der Waals surface area contributed by atoms with Crippen LogP contribution in [0.3, 0.4) is 0 Å². The quantitative estimate of drug-likeness (QED) is 0.00449. The first-order valence-corrected chi connectivity index (χ1v) is 42.3. The van der Waals surface area contributed by atoms with Gasteiger partial charge >= 0.3 is 103 Å². The van der Waals surface area contributed by atoms with Crippen LogP contribution in [0.15, 0.2) is 113 Å². The Hall–Kier alpha value is -5.80. The number of phosphoric ester groups is 3. The molecule has 4 aromatic rings. The number of aliphatic hydroxyl groups is 3. The van der Waals surface area contributed by atoms with Gasteiger partial charge in [0.1, 0.15) is 62.6 Å². The number of phosphoric acid groups is 3. The third-order valence-corrected chi connectivity index (χ3v) is 17.3. The van der Waals surface area contributed by atoms with Crippen molar-refractivity contribution in [2.24, 2.45) is 0 Å². The van der Waals surface area contributed by atoms with Crippen molar-refractivity contribution >= 4 is 94.6 Å². The number of nitrogens with one attached hydrogen (secondary N) is 1. The smallest absolute Gasteiger partial charge is 0.790 e. The molecule has 125 heavy (non-hydrogen) atoms. The largest absolute Gasteiger partial charge is 1.00 e. The maximum Gasteiger partial charge on any atom is 1.00 e. The number of aromatic nitrogens is 2. The molecule has 1 saturated carbocycles. The molecular weight excluding hydrogens is 2080 g/mol. The van der Waals surface area contributed by atoms with E-state index in [4.69, 9.17) is 59.1 Å². The van der Waals surface area contributed by atoms with Crippen LogP contribution in [0.1, 0.15) is 55.5 Å². The average Bonchev–Trinajstić information content (AvgIpc) is 1.53. The normalized spacial score (nSPS) is 15.9. The van der Waals surface area contributed by atoms with Crippen LogP contribution in [0.4, 0.5) is 33.2 Å². The first-order valence-electron chi connectivity index (χ1n) is 35.8. The molecule has 3 fully saturated rings. The monoisotopic (exact) mass is 2180 g/mol. The van der Waals surface area contributed by atoms with Crippen molar-refractivity contribution in [2.45, 2.75) is 81.7 Å². The zero-order valence-corrected chi connectivity index (χ0v) is 77.6. The molecule has 1 spiro atoms. The number of aliphatic hydroxyl groups excluding tert-OH is 3. The molecule has 5 N–H and O–H groups in total. The number of carbonyl (C=O) groups is 6. The molecule has 0 amide bonds. The second-order valence-corrected chi connectivity index (χ2v) is 28.2. The van der Waals surface area contributed by atoms with Gasteiger partial charge in [-0.2, -0.15) is 0 Å². The SMILES string of the molecule is COCCO.COCCOC(=O)OCCl.COCCOC(=O)OCI.COCCOC(=O)OCOP(=O)(O)OCOC(=O)OCCOC.COCCOC(=O)OCOP(=O)(OCOC(=O)OCCOC)OCc1ccccc1.C[C@@]12OC3(CCCC3)O[C@@H]1[C@](CO)(CF)O[C@H]2n1ccc(=O)[nH]c1=O.O=P([O-])([O-])OCc1ccccc1.OCc1ccccc1.[Ag+].[Ag+]. The van der Waals surface area contributed by atoms with E-state index in [1.165, 1.54) is 54.9 Å². The van der Waals surface area contributed by atoms with Gasteiger partial charge in [0.2, 0.25) is 27.2 Å². The molecular formula is C70H106Ag2ClFIN2O45P3. The summed E-state index contributed by atoms with van der Waals surface area (Å²) < 4.78 is 181. The summed E-state index contributed by atoms with van der Waals surface area (Å²) in [7, 11) is -3.40. The van der Waals surface area contributed by atoms with Crippen LogP contribution in [-0.4, -0.2) is 283 Å². The second kappa shape index (κ2) is 74.9.